The van der Waals surface area contributed by atoms with Crippen molar-refractivity contribution in [2.24, 2.45) is 0 Å². The highest BCUT2D eigenvalue weighted by Crippen LogP contribution is 2.24. The predicted molar refractivity (Wildman–Crippen MR) is 66.2 cm³/mol. The summed E-state index contributed by atoms with van der Waals surface area (Å²) in [5.74, 6) is 0. The Morgan fingerprint density at radius 2 is 1.79 bits per heavy atom. The number of aryl methyl sites for hydroxylation is 2. The second-order valence-electron chi connectivity index (χ2n) is 5.23. The van der Waals surface area contributed by atoms with E-state index in [2.05, 4.69) is 49.6 Å². The van der Waals surface area contributed by atoms with Gasteiger partial charge in [0, 0.05) is 0 Å². The number of fused-ring (bicyclic) bond motifs is 1. The van der Waals surface area contributed by atoms with Crippen LogP contribution in [0.1, 0.15) is 16.7 Å². The lowest BCUT2D eigenvalue weighted by Gasteiger charge is -2.18. The highest BCUT2D eigenvalue weighted by molar-refractivity contribution is 6.81. The van der Waals surface area contributed by atoms with E-state index in [1.807, 2.05) is 0 Å². The Hall–Kier alpha value is -0.823. The van der Waals surface area contributed by atoms with Crippen LogP contribution in [0.5, 0.6) is 0 Å². The van der Waals surface area contributed by atoms with Gasteiger partial charge in [0.05, 0.1) is 8.07 Å². The van der Waals surface area contributed by atoms with E-state index in [4.69, 9.17) is 0 Å². The fraction of sp³-hybridized carbons (Fsp3) is 0.385. The molecule has 1 aliphatic rings. The number of benzene rings is 1. The maximum atomic E-state index is 2.41. The van der Waals surface area contributed by atoms with E-state index >= 15 is 0 Å². The van der Waals surface area contributed by atoms with Crippen LogP contribution in [0.3, 0.4) is 0 Å². The van der Waals surface area contributed by atoms with Gasteiger partial charge >= 0.3 is 0 Å². The molecule has 0 fully saturated rings. The van der Waals surface area contributed by atoms with Crippen molar-refractivity contribution in [2.75, 3.05) is 0 Å². The summed E-state index contributed by atoms with van der Waals surface area (Å²) < 4.78 is 0. The summed E-state index contributed by atoms with van der Waals surface area (Å²) in [5, 5.41) is 0. The van der Waals surface area contributed by atoms with Gasteiger partial charge in [-0.2, -0.15) is 0 Å². The van der Waals surface area contributed by atoms with E-state index < -0.39 is 8.07 Å². The molecule has 0 amide bonds. The molecule has 0 saturated heterocycles. The van der Waals surface area contributed by atoms with Gasteiger partial charge in [-0.1, -0.05) is 49.6 Å². The van der Waals surface area contributed by atoms with Crippen molar-refractivity contribution in [1.29, 1.82) is 0 Å². The zero-order valence-corrected chi connectivity index (χ0v) is 10.3. The van der Waals surface area contributed by atoms with Crippen LogP contribution in [-0.2, 0) is 12.8 Å². The van der Waals surface area contributed by atoms with Crippen LogP contribution in [0.15, 0.2) is 23.9 Å². The van der Waals surface area contributed by atoms with Crippen molar-refractivity contribution in [1.82, 2.24) is 0 Å². The zero-order valence-electron chi connectivity index (χ0n) is 9.30. The molecule has 0 N–H and O–H groups in total. The molecule has 0 bridgehead atoms. The molecule has 1 heteroatoms. The van der Waals surface area contributed by atoms with E-state index in [-0.39, 0.29) is 0 Å². The Labute approximate surface area is 87.7 Å². The van der Waals surface area contributed by atoms with Crippen molar-refractivity contribution in [3.63, 3.8) is 0 Å². The molecule has 0 saturated carbocycles. The number of rotatable bonds is 2. The van der Waals surface area contributed by atoms with Crippen molar-refractivity contribution >= 4 is 14.1 Å². The zero-order chi connectivity index (χ0) is 10.2. The monoisotopic (exact) mass is 202 g/mol. The van der Waals surface area contributed by atoms with Crippen molar-refractivity contribution < 1.29 is 0 Å². The Kier molecular flexibility index (Phi) is 2.36. The maximum absolute atomic E-state index is 2.41. The minimum Gasteiger partial charge on any atom is -0.0944 e. The summed E-state index contributed by atoms with van der Waals surface area (Å²) in [5.41, 5.74) is 6.90. The Morgan fingerprint density at radius 3 is 2.29 bits per heavy atom. The van der Waals surface area contributed by atoms with Gasteiger partial charge in [-0.15, -0.1) is 0 Å². The van der Waals surface area contributed by atoms with E-state index in [1.165, 1.54) is 18.4 Å². The van der Waals surface area contributed by atoms with Crippen LogP contribution >= 0.6 is 0 Å². The summed E-state index contributed by atoms with van der Waals surface area (Å²) in [4.78, 5) is 0. The second-order valence-corrected chi connectivity index (χ2v) is 10.3. The third-order valence-corrected chi connectivity index (χ3v) is 3.84. The molecule has 0 atom stereocenters. The first kappa shape index (κ1) is 9.72. The lowest BCUT2D eigenvalue weighted by atomic mass is 9.87. The predicted octanol–water partition coefficient (Wildman–Crippen LogP) is 3.68. The van der Waals surface area contributed by atoms with Crippen molar-refractivity contribution in [2.45, 2.75) is 32.5 Å². The Bertz CT molecular complexity index is 369. The lowest BCUT2D eigenvalue weighted by Crippen LogP contribution is -2.15. The second kappa shape index (κ2) is 3.39. The van der Waals surface area contributed by atoms with Crippen molar-refractivity contribution in [3.8, 4) is 0 Å². The Balaban J connectivity index is 2.18. The molecule has 1 aliphatic carbocycles. The topological polar surface area (TPSA) is 0 Å². The molecule has 0 spiro atoms. The normalized spacial score (nSPS) is 15.4. The first-order valence-electron chi connectivity index (χ1n) is 5.36. The highest BCUT2D eigenvalue weighted by atomic mass is 28.3. The largest absolute Gasteiger partial charge is 0.0944 e. The molecule has 0 nitrogen and oxygen atoms in total. The molecule has 0 aromatic heterocycles. The third kappa shape index (κ3) is 2.15. The Morgan fingerprint density at radius 1 is 1.07 bits per heavy atom. The average Bonchev–Trinajstić information content (AvgIpc) is 2.03. The molecular formula is C13H18Si. The lowest BCUT2D eigenvalue weighted by molar-refractivity contribution is 0.839. The van der Waals surface area contributed by atoms with Crippen LogP contribution in [-0.4, -0.2) is 8.07 Å². The summed E-state index contributed by atoms with van der Waals surface area (Å²) in [6.07, 6.45) is 4.86. The van der Waals surface area contributed by atoms with Gasteiger partial charge in [0.25, 0.3) is 0 Å². The van der Waals surface area contributed by atoms with Crippen LogP contribution in [0.4, 0.5) is 0 Å². The first-order chi connectivity index (χ1) is 6.54. The van der Waals surface area contributed by atoms with Crippen LogP contribution in [0, 0.1) is 0 Å². The van der Waals surface area contributed by atoms with E-state index in [0.29, 0.717) is 0 Å². The quantitative estimate of drug-likeness (QED) is 0.642. The molecule has 0 radical (unpaired) electrons. The summed E-state index contributed by atoms with van der Waals surface area (Å²) in [6, 6.07) is 6.87. The summed E-state index contributed by atoms with van der Waals surface area (Å²) >= 11 is 0. The van der Waals surface area contributed by atoms with Gasteiger partial charge in [-0.05, 0) is 29.5 Å². The number of hydrogen-bond donors (Lipinski definition) is 0. The third-order valence-electron chi connectivity index (χ3n) is 2.67. The average molecular weight is 202 g/mol. The van der Waals surface area contributed by atoms with Gasteiger partial charge in [0.1, 0.15) is 0 Å². The molecule has 0 aliphatic heterocycles. The SMILES string of the molecule is C[Si](C)(C)C=Cc1ccc2c(c1)CC2. The summed E-state index contributed by atoms with van der Waals surface area (Å²) in [7, 11) is -1.03. The molecule has 1 aromatic carbocycles. The van der Waals surface area contributed by atoms with E-state index in [0.717, 1.165) is 0 Å². The molecule has 74 valence electrons. The van der Waals surface area contributed by atoms with E-state index in [1.54, 1.807) is 11.1 Å². The van der Waals surface area contributed by atoms with Gasteiger partial charge in [0.2, 0.25) is 0 Å². The smallest absolute Gasteiger partial charge is 0.0687 e. The molecule has 1 aromatic rings. The van der Waals surface area contributed by atoms with Gasteiger partial charge in [-0.25, -0.2) is 0 Å². The highest BCUT2D eigenvalue weighted by Gasteiger charge is 2.12. The summed E-state index contributed by atoms with van der Waals surface area (Å²) in [6.45, 7) is 7.10. The fourth-order valence-corrected chi connectivity index (χ4v) is 2.36. The minimum atomic E-state index is -1.03. The molecule has 0 heterocycles. The minimum absolute atomic E-state index is 1.03. The van der Waals surface area contributed by atoms with Crippen LogP contribution in [0.2, 0.25) is 19.6 Å². The van der Waals surface area contributed by atoms with Gasteiger partial charge < -0.3 is 0 Å². The van der Waals surface area contributed by atoms with Gasteiger partial charge in [-0.3, -0.25) is 0 Å². The fourth-order valence-electron chi connectivity index (χ4n) is 1.66. The molecule has 0 unspecified atom stereocenters. The maximum Gasteiger partial charge on any atom is 0.0687 e. The standard InChI is InChI=1S/C13H18Si/c1-14(2,3)9-8-11-4-5-12-6-7-13(12)10-11/h4-5,8-10H,6-7H2,1-3H3. The molecule has 14 heavy (non-hydrogen) atoms. The first-order valence-corrected chi connectivity index (χ1v) is 8.93. The van der Waals surface area contributed by atoms with Crippen LogP contribution < -0.4 is 0 Å². The van der Waals surface area contributed by atoms with Gasteiger partial charge in [0.15, 0.2) is 0 Å². The van der Waals surface area contributed by atoms with Crippen molar-refractivity contribution in [3.05, 3.63) is 40.6 Å². The van der Waals surface area contributed by atoms with E-state index in [9.17, 15) is 0 Å². The molecular weight excluding hydrogens is 184 g/mol. The molecule has 2 rings (SSSR count). The number of hydrogen-bond acceptors (Lipinski definition) is 0. The van der Waals surface area contributed by atoms with Crippen LogP contribution in [0.25, 0.3) is 6.08 Å².